The first-order valence-electron chi connectivity index (χ1n) is 11.0. The van der Waals surface area contributed by atoms with Gasteiger partial charge in [-0.25, -0.2) is 0 Å². The van der Waals surface area contributed by atoms with E-state index in [9.17, 15) is 18.1 Å². The molecule has 0 aromatic heterocycles. The van der Waals surface area contributed by atoms with Crippen LogP contribution in [0, 0.1) is 0 Å². The zero-order valence-corrected chi connectivity index (χ0v) is 22.7. The van der Waals surface area contributed by atoms with Gasteiger partial charge in [-0.2, -0.15) is 8.42 Å². The summed E-state index contributed by atoms with van der Waals surface area (Å²) in [6.07, 6.45) is 13.2. The molecule has 0 atom stereocenters. The number of para-hydroxylation sites is 1. The molecule has 2 rings (SSSR count). The van der Waals surface area contributed by atoms with Crippen LogP contribution >= 0.6 is 0 Å². The van der Waals surface area contributed by atoms with Crippen molar-refractivity contribution in [2.45, 2.75) is 82.4 Å². The average molecular weight is 473 g/mol. The fourth-order valence-electron chi connectivity index (χ4n) is 3.51. The number of hydrogen-bond donors (Lipinski definition) is 1. The van der Waals surface area contributed by atoms with E-state index in [1.54, 1.807) is 12.1 Å². The van der Waals surface area contributed by atoms with Crippen molar-refractivity contribution < 1.29 is 74.2 Å². The maximum Gasteiger partial charge on any atom is 1.00 e. The van der Waals surface area contributed by atoms with Gasteiger partial charge in [-0.05, 0) is 36.6 Å². The Morgan fingerprint density at radius 1 is 0.839 bits per heavy atom. The van der Waals surface area contributed by atoms with Crippen molar-refractivity contribution in [3.8, 4) is 17.2 Å². The molecule has 0 radical (unpaired) electrons. The summed E-state index contributed by atoms with van der Waals surface area (Å²) >= 11 is 0. The number of hydrogen-bond acceptors (Lipinski definition) is 4. The van der Waals surface area contributed by atoms with Crippen LogP contribution in [-0.4, -0.2) is 13.0 Å². The molecule has 5 nitrogen and oxygen atoms in total. The SMILES string of the molecule is CCCCCCCCCCCCc1ccc([O-])cc1Oc1ccccc1S(=O)(=O)O.[K+]. The van der Waals surface area contributed by atoms with E-state index in [4.69, 9.17) is 4.74 Å². The monoisotopic (exact) mass is 472 g/mol. The Bertz CT molecular complexity index is 883. The third-order valence-corrected chi connectivity index (χ3v) is 6.08. The molecule has 31 heavy (non-hydrogen) atoms. The summed E-state index contributed by atoms with van der Waals surface area (Å²) in [5.74, 6) is 0.144. The Hall–Kier alpha value is -0.414. The van der Waals surface area contributed by atoms with E-state index in [1.165, 1.54) is 81.7 Å². The van der Waals surface area contributed by atoms with E-state index < -0.39 is 10.1 Å². The molecule has 2 aromatic rings. The number of benzene rings is 2. The predicted molar refractivity (Wildman–Crippen MR) is 118 cm³/mol. The third-order valence-electron chi connectivity index (χ3n) is 5.19. The second kappa shape index (κ2) is 15.4. The van der Waals surface area contributed by atoms with Crippen LogP contribution in [0.1, 0.15) is 76.7 Å². The van der Waals surface area contributed by atoms with Gasteiger partial charge in [0.05, 0.1) is 0 Å². The van der Waals surface area contributed by atoms with Gasteiger partial charge in [0.25, 0.3) is 10.1 Å². The van der Waals surface area contributed by atoms with E-state index in [0.717, 1.165) is 24.8 Å². The van der Waals surface area contributed by atoms with Crippen LogP contribution in [-0.2, 0) is 16.5 Å². The Morgan fingerprint density at radius 3 is 2.03 bits per heavy atom. The van der Waals surface area contributed by atoms with Gasteiger partial charge in [-0.3, -0.25) is 4.55 Å². The van der Waals surface area contributed by atoms with Gasteiger partial charge in [-0.1, -0.05) is 89.0 Å². The number of rotatable bonds is 14. The molecule has 0 amide bonds. The topological polar surface area (TPSA) is 86.7 Å². The minimum Gasteiger partial charge on any atom is -0.872 e. The first kappa shape index (κ1) is 28.6. The summed E-state index contributed by atoms with van der Waals surface area (Å²) < 4.78 is 38.3. The fourth-order valence-corrected chi connectivity index (χ4v) is 4.12. The van der Waals surface area contributed by atoms with Gasteiger partial charge in [0.1, 0.15) is 16.4 Å². The molecule has 0 saturated heterocycles. The minimum absolute atomic E-state index is 0. The van der Waals surface area contributed by atoms with Crippen LogP contribution in [0.25, 0.3) is 0 Å². The molecule has 166 valence electrons. The van der Waals surface area contributed by atoms with Crippen LogP contribution in [0.5, 0.6) is 17.2 Å². The van der Waals surface area contributed by atoms with Gasteiger partial charge in [0, 0.05) is 0 Å². The van der Waals surface area contributed by atoms with Gasteiger partial charge < -0.3 is 9.84 Å². The summed E-state index contributed by atoms with van der Waals surface area (Å²) in [5.41, 5.74) is 0.860. The molecule has 0 saturated carbocycles. The van der Waals surface area contributed by atoms with E-state index in [0.29, 0.717) is 5.75 Å². The Labute approximate surface area is 229 Å². The molecule has 0 unspecified atom stereocenters. The van der Waals surface area contributed by atoms with E-state index in [-0.39, 0.29) is 67.8 Å². The molecule has 1 N–H and O–H groups in total. The van der Waals surface area contributed by atoms with E-state index in [2.05, 4.69) is 6.92 Å². The molecule has 0 heterocycles. The van der Waals surface area contributed by atoms with Crippen molar-refractivity contribution in [3.05, 3.63) is 48.0 Å². The standard InChI is InChI=1S/C24H34O5S.K/c1-2-3-4-5-6-7-8-9-10-11-14-20-17-18-21(25)19-23(20)29-22-15-12-13-16-24(22)30(26,27)28;/h12-13,15-19,25H,2-11,14H2,1H3,(H,26,27,28);/q;+1/p-1. The second-order valence-corrected chi connectivity index (χ2v) is 9.12. The Morgan fingerprint density at radius 2 is 1.42 bits per heavy atom. The predicted octanol–water partition coefficient (Wildman–Crippen LogP) is 3.27. The van der Waals surface area contributed by atoms with Gasteiger partial charge in [0.15, 0.2) is 0 Å². The maximum atomic E-state index is 11.8. The first-order chi connectivity index (χ1) is 14.4. The average Bonchev–Trinajstić information content (AvgIpc) is 2.70. The molecule has 0 aliphatic carbocycles. The fraction of sp³-hybridized carbons (Fsp3) is 0.500. The molecule has 0 fully saturated rings. The van der Waals surface area contributed by atoms with Crippen molar-refractivity contribution in [2.24, 2.45) is 0 Å². The van der Waals surface area contributed by atoms with Crippen molar-refractivity contribution in [2.75, 3.05) is 0 Å². The molecule has 0 spiro atoms. The molecule has 0 aliphatic rings. The summed E-state index contributed by atoms with van der Waals surface area (Å²) in [5, 5.41) is 11.8. The molecular formula is C24H33KO5S. The van der Waals surface area contributed by atoms with Crippen molar-refractivity contribution in [1.29, 1.82) is 0 Å². The minimum atomic E-state index is -4.42. The Balaban J connectivity index is 0.00000480. The largest absolute Gasteiger partial charge is 1.00 e. The maximum absolute atomic E-state index is 11.8. The van der Waals surface area contributed by atoms with Crippen molar-refractivity contribution in [1.82, 2.24) is 0 Å². The van der Waals surface area contributed by atoms with Crippen LogP contribution in [0.15, 0.2) is 47.4 Å². The summed E-state index contributed by atoms with van der Waals surface area (Å²) in [6, 6.07) is 10.5. The van der Waals surface area contributed by atoms with Gasteiger partial charge in [0.2, 0.25) is 0 Å². The zero-order valence-electron chi connectivity index (χ0n) is 18.8. The molecule has 7 heteroatoms. The Kier molecular flexibility index (Phi) is 14.2. The summed E-state index contributed by atoms with van der Waals surface area (Å²) in [7, 11) is -4.42. The third kappa shape index (κ3) is 10.8. The zero-order chi connectivity index (χ0) is 21.8. The molecular weight excluding hydrogens is 439 g/mol. The van der Waals surface area contributed by atoms with Crippen LogP contribution in [0.2, 0.25) is 0 Å². The number of ether oxygens (including phenoxy) is 1. The van der Waals surface area contributed by atoms with Crippen molar-refractivity contribution in [3.63, 3.8) is 0 Å². The van der Waals surface area contributed by atoms with Crippen LogP contribution in [0.4, 0.5) is 0 Å². The van der Waals surface area contributed by atoms with Gasteiger partial charge in [-0.15, -0.1) is 5.75 Å². The molecule has 0 aliphatic heterocycles. The quantitative estimate of drug-likeness (QED) is 0.259. The van der Waals surface area contributed by atoms with E-state index >= 15 is 0 Å². The number of unbranched alkanes of at least 4 members (excludes halogenated alkanes) is 9. The van der Waals surface area contributed by atoms with Crippen molar-refractivity contribution >= 4 is 10.1 Å². The van der Waals surface area contributed by atoms with E-state index in [1.807, 2.05) is 0 Å². The number of aryl methyl sites for hydroxylation is 1. The normalized spacial score (nSPS) is 11.2. The van der Waals surface area contributed by atoms with Crippen LogP contribution in [0.3, 0.4) is 0 Å². The van der Waals surface area contributed by atoms with Gasteiger partial charge >= 0.3 is 51.4 Å². The molecule has 0 bridgehead atoms. The van der Waals surface area contributed by atoms with Crippen LogP contribution < -0.4 is 61.2 Å². The second-order valence-electron chi connectivity index (χ2n) is 7.73. The first-order valence-corrected chi connectivity index (χ1v) is 12.4. The smallest absolute Gasteiger partial charge is 0.872 e. The molecule has 2 aromatic carbocycles. The summed E-state index contributed by atoms with van der Waals surface area (Å²) in [4.78, 5) is -0.314. The summed E-state index contributed by atoms with van der Waals surface area (Å²) in [6.45, 7) is 2.23.